The number of rotatable bonds is 6. The van der Waals surface area contributed by atoms with Gasteiger partial charge in [-0.2, -0.15) is 0 Å². The maximum atomic E-state index is 13.3. The lowest BCUT2D eigenvalue weighted by molar-refractivity contribution is -0.122. The first-order valence-corrected chi connectivity index (χ1v) is 11.5. The van der Waals surface area contributed by atoms with E-state index in [9.17, 15) is 4.79 Å². The van der Waals surface area contributed by atoms with Crippen LogP contribution in [0.5, 0.6) is 0 Å². The fourth-order valence-electron chi connectivity index (χ4n) is 4.23. The number of aromatic nitrogens is 1. The number of aryl methyl sites for hydroxylation is 1. The van der Waals surface area contributed by atoms with Crippen LogP contribution in [0.1, 0.15) is 37.7 Å². The summed E-state index contributed by atoms with van der Waals surface area (Å²) >= 11 is 7.81. The number of halogens is 1. The molecule has 28 heavy (non-hydrogen) atoms. The molecule has 0 spiro atoms. The van der Waals surface area contributed by atoms with Crippen LogP contribution in [0.25, 0.3) is 10.2 Å². The molecule has 2 aromatic rings. The van der Waals surface area contributed by atoms with Crippen LogP contribution in [0.4, 0.5) is 5.13 Å². The normalized spacial score (nSPS) is 18.8. The number of benzene rings is 1. The van der Waals surface area contributed by atoms with E-state index in [0.29, 0.717) is 0 Å². The van der Waals surface area contributed by atoms with Crippen molar-refractivity contribution in [3.8, 4) is 0 Å². The van der Waals surface area contributed by atoms with Gasteiger partial charge in [0.05, 0.1) is 23.4 Å². The number of hydrogen-bond donors (Lipinski definition) is 0. The van der Waals surface area contributed by atoms with Crippen LogP contribution in [0, 0.1) is 12.8 Å². The van der Waals surface area contributed by atoms with E-state index in [1.54, 1.807) is 11.3 Å². The average Bonchev–Trinajstić information content (AvgIpc) is 3.35. The number of carbonyl (C=O) groups is 1. The minimum Gasteiger partial charge on any atom is -0.379 e. The Hall–Kier alpha value is -1.21. The highest BCUT2D eigenvalue weighted by molar-refractivity contribution is 7.22. The zero-order chi connectivity index (χ0) is 19.5. The highest BCUT2D eigenvalue weighted by atomic mass is 35.5. The maximum absolute atomic E-state index is 13.3. The first-order chi connectivity index (χ1) is 13.6. The van der Waals surface area contributed by atoms with Gasteiger partial charge in [0.1, 0.15) is 0 Å². The Kier molecular flexibility index (Phi) is 6.51. The first kappa shape index (κ1) is 20.1. The van der Waals surface area contributed by atoms with Crippen LogP contribution >= 0.6 is 22.9 Å². The number of ether oxygens (including phenoxy) is 1. The van der Waals surface area contributed by atoms with E-state index >= 15 is 0 Å². The van der Waals surface area contributed by atoms with Crippen molar-refractivity contribution in [2.75, 3.05) is 44.3 Å². The summed E-state index contributed by atoms with van der Waals surface area (Å²) in [6.07, 6.45) is 5.29. The number of fused-ring (bicyclic) bond motifs is 1. The van der Waals surface area contributed by atoms with Gasteiger partial charge in [-0.25, -0.2) is 4.98 Å². The zero-order valence-corrected chi connectivity index (χ0v) is 18.0. The SMILES string of the molecule is Cc1cc(Cl)cc2sc(N(CCCN3CCOCC3)C(=O)C3CCCC3)nc12. The van der Waals surface area contributed by atoms with Crippen molar-refractivity contribution < 1.29 is 9.53 Å². The molecule has 1 aromatic carbocycles. The summed E-state index contributed by atoms with van der Waals surface area (Å²) in [7, 11) is 0. The third-order valence-corrected chi connectivity index (χ3v) is 7.04. The van der Waals surface area contributed by atoms with Crippen molar-refractivity contribution in [2.45, 2.75) is 39.0 Å². The average molecular weight is 422 g/mol. The van der Waals surface area contributed by atoms with Crippen LogP contribution in [-0.2, 0) is 9.53 Å². The molecule has 0 unspecified atom stereocenters. The van der Waals surface area contributed by atoms with Gasteiger partial charge < -0.3 is 4.74 Å². The summed E-state index contributed by atoms with van der Waals surface area (Å²) in [4.78, 5) is 22.5. The predicted molar refractivity (Wildman–Crippen MR) is 116 cm³/mol. The third-order valence-electron chi connectivity index (χ3n) is 5.80. The van der Waals surface area contributed by atoms with E-state index in [1.807, 2.05) is 24.0 Å². The van der Waals surface area contributed by atoms with E-state index < -0.39 is 0 Å². The molecule has 2 aliphatic rings. The fourth-order valence-corrected chi connectivity index (χ4v) is 5.68. The van der Waals surface area contributed by atoms with Crippen molar-refractivity contribution in [1.82, 2.24) is 9.88 Å². The topological polar surface area (TPSA) is 45.7 Å². The Morgan fingerprint density at radius 3 is 2.82 bits per heavy atom. The van der Waals surface area contributed by atoms with E-state index in [1.165, 1.54) is 0 Å². The number of hydrogen-bond acceptors (Lipinski definition) is 5. The van der Waals surface area contributed by atoms with Crippen LogP contribution in [0.2, 0.25) is 5.02 Å². The van der Waals surface area contributed by atoms with Gasteiger partial charge in [0, 0.05) is 37.1 Å². The van der Waals surface area contributed by atoms with E-state index in [2.05, 4.69) is 4.90 Å². The monoisotopic (exact) mass is 421 g/mol. The molecule has 2 heterocycles. The largest absolute Gasteiger partial charge is 0.379 e. The molecule has 0 atom stereocenters. The summed E-state index contributed by atoms with van der Waals surface area (Å²) in [6, 6.07) is 3.89. The van der Waals surface area contributed by atoms with Crippen LogP contribution in [0.3, 0.4) is 0 Å². The predicted octanol–water partition coefficient (Wildman–Crippen LogP) is 4.50. The molecule has 5 nitrogen and oxygen atoms in total. The van der Waals surface area contributed by atoms with Crippen molar-refractivity contribution >= 4 is 44.2 Å². The van der Waals surface area contributed by atoms with E-state index in [-0.39, 0.29) is 11.8 Å². The quantitative estimate of drug-likeness (QED) is 0.688. The Bertz CT molecular complexity index is 828. The van der Waals surface area contributed by atoms with Crippen molar-refractivity contribution in [1.29, 1.82) is 0 Å². The van der Waals surface area contributed by atoms with E-state index in [4.69, 9.17) is 21.3 Å². The first-order valence-electron chi connectivity index (χ1n) is 10.3. The molecule has 1 aromatic heterocycles. The molecule has 2 fully saturated rings. The molecule has 1 saturated carbocycles. The number of thiazole rings is 1. The Morgan fingerprint density at radius 2 is 2.07 bits per heavy atom. The van der Waals surface area contributed by atoms with E-state index in [0.717, 1.165) is 97.4 Å². The van der Waals surface area contributed by atoms with Crippen molar-refractivity contribution in [2.24, 2.45) is 5.92 Å². The molecule has 1 amide bonds. The van der Waals surface area contributed by atoms with Gasteiger partial charge in [0.15, 0.2) is 5.13 Å². The molecule has 0 radical (unpaired) electrons. The molecule has 4 rings (SSSR count). The summed E-state index contributed by atoms with van der Waals surface area (Å²) in [6.45, 7) is 7.32. The third kappa shape index (κ3) is 4.51. The van der Waals surface area contributed by atoms with Crippen LogP contribution < -0.4 is 4.90 Å². The minimum absolute atomic E-state index is 0.153. The lowest BCUT2D eigenvalue weighted by Gasteiger charge is -2.28. The Balaban J connectivity index is 1.53. The van der Waals surface area contributed by atoms with Gasteiger partial charge >= 0.3 is 0 Å². The highest BCUT2D eigenvalue weighted by Gasteiger charge is 2.30. The molecule has 1 saturated heterocycles. The molecular weight excluding hydrogens is 394 g/mol. The second-order valence-electron chi connectivity index (χ2n) is 7.84. The van der Waals surface area contributed by atoms with Crippen molar-refractivity contribution in [3.05, 3.63) is 22.7 Å². The smallest absolute Gasteiger partial charge is 0.231 e. The molecule has 0 N–H and O–H groups in total. The standard InChI is InChI=1S/C21H28ClN3O2S/c1-15-13-17(22)14-18-19(15)23-21(28-18)25(20(26)16-5-2-3-6-16)8-4-7-24-9-11-27-12-10-24/h13-14,16H,2-12H2,1H3. The van der Waals surface area contributed by atoms with Gasteiger partial charge in [0.2, 0.25) is 5.91 Å². The lowest BCUT2D eigenvalue weighted by atomic mass is 10.1. The minimum atomic E-state index is 0.153. The highest BCUT2D eigenvalue weighted by Crippen LogP contribution is 2.35. The van der Waals surface area contributed by atoms with Gasteiger partial charge in [-0.15, -0.1) is 0 Å². The lowest BCUT2D eigenvalue weighted by Crippen LogP contribution is -2.40. The van der Waals surface area contributed by atoms with Crippen molar-refractivity contribution in [3.63, 3.8) is 0 Å². The number of carbonyl (C=O) groups excluding carboxylic acids is 1. The summed E-state index contributed by atoms with van der Waals surface area (Å²) in [5.74, 6) is 0.405. The Morgan fingerprint density at radius 1 is 1.32 bits per heavy atom. The zero-order valence-electron chi connectivity index (χ0n) is 16.5. The fraction of sp³-hybridized carbons (Fsp3) is 0.619. The second-order valence-corrected chi connectivity index (χ2v) is 9.29. The van der Waals surface area contributed by atoms with Gasteiger partial charge in [0.25, 0.3) is 0 Å². The summed E-state index contributed by atoms with van der Waals surface area (Å²) < 4.78 is 6.48. The molecule has 0 bridgehead atoms. The van der Waals surface area contributed by atoms with Gasteiger partial charge in [-0.1, -0.05) is 35.8 Å². The molecule has 1 aliphatic carbocycles. The molecule has 152 valence electrons. The molecular formula is C21H28ClN3O2S. The van der Waals surface area contributed by atoms with Gasteiger partial charge in [-0.3, -0.25) is 14.6 Å². The summed E-state index contributed by atoms with van der Waals surface area (Å²) in [5, 5.41) is 1.54. The second kappa shape index (κ2) is 9.08. The van der Waals surface area contributed by atoms with Crippen LogP contribution in [-0.4, -0.2) is 55.2 Å². The summed E-state index contributed by atoms with van der Waals surface area (Å²) in [5.41, 5.74) is 2.02. The number of amides is 1. The number of morpholine rings is 1. The number of nitrogens with zero attached hydrogens (tertiary/aromatic N) is 3. The van der Waals surface area contributed by atoms with Crippen LogP contribution in [0.15, 0.2) is 12.1 Å². The molecule has 1 aliphatic heterocycles. The Labute approximate surface area is 175 Å². The van der Waals surface area contributed by atoms with Gasteiger partial charge in [-0.05, 0) is 43.9 Å². The maximum Gasteiger partial charge on any atom is 0.231 e. The number of anilines is 1. The molecule has 7 heteroatoms.